The summed E-state index contributed by atoms with van der Waals surface area (Å²) in [4.78, 5) is 22.6. The molecule has 0 aliphatic rings. The number of benzene rings is 4. The van der Waals surface area contributed by atoms with E-state index >= 15 is 0 Å². The van der Waals surface area contributed by atoms with Crippen molar-refractivity contribution in [1.29, 1.82) is 0 Å². The molecular formula is C37H48N5O+. The zero-order chi connectivity index (χ0) is 30.6. The number of quaternary nitrogens is 1. The van der Waals surface area contributed by atoms with Crippen molar-refractivity contribution in [2.75, 3.05) is 59.3 Å². The number of carbonyl (C=O) groups is 1. The van der Waals surface area contributed by atoms with Crippen LogP contribution in [0.5, 0.6) is 0 Å². The lowest BCUT2D eigenvalue weighted by Gasteiger charge is -2.32. The lowest BCUT2D eigenvalue weighted by Crippen LogP contribution is -2.49. The van der Waals surface area contributed by atoms with E-state index in [1.165, 1.54) is 32.7 Å². The highest BCUT2D eigenvalue weighted by molar-refractivity contribution is 6.23. The second-order valence-corrected chi connectivity index (χ2v) is 12.7. The van der Waals surface area contributed by atoms with E-state index in [2.05, 4.69) is 124 Å². The molecule has 0 saturated carbocycles. The smallest absolute Gasteiger partial charge is 0.277 e. The van der Waals surface area contributed by atoms with Crippen molar-refractivity contribution in [2.24, 2.45) is 0 Å². The van der Waals surface area contributed by atoms with Gasteiger partial charge >= 0.3 is 0 Å². The second kappa shape index (κ2) is 13.2. The molecule has 0 saturated heterocycles. The van der Waals surface area contributed by atoms with E-state index in [0.29, 0.717) is 11.0 Å². The Morgan fingerprint density at radius 3 is 1.98 bits per heavy atom. The minimum absolute atomic E-state index is 0.274. The van der Waals surface area contributed by atoms with Crippen LogP contribution >= 0.6 is 0 Å². The Bertz CT molecular complexity index is 1690. The van der Waals surface area contributed by atoms with Crippen molar-refractivity contribution < 1.29 is 9.28 Å². The van der Waals surface area contributed by atoms with Gasteiger partial charge in [-0.05, 0) is 60.7 Å². The molecule has 0 fully saturated rings. The predicted molar refractivity (Wildman–Crippen MR) is 183 cm³/mol. The van der Waals surface area contributed by atoms with Gasteiger partial charge in [0, 0.05) is 55.8 Å². The summed E-state index contributed by atoms with van der Waals surface area (Å²) in [5, 5.41) is 4.95. The van der Waals surface area contributed by atoms with E-state index in [4.69, 9.17) is 4.98 Å². The van der Waals surface area contributed by atoms with Crippen LogP contribution in [0.3, 0.4) is 0 Å². The fourth-order valence-electron chi connectivity index (χ4n) is 6.37. The fourth-order valence-corrected chi connectivity index (χ4v) is 6.37. The van der Waals surface area contributed by atoms with Gasteiger partial charge in [0.25, 0.3) is 5.91 Å². The maximum atomic E-state index is 13.1. The quantitative estimate of drug-likeness (QED) is 0.0822. The predicted octanol–water partition coefficient (Wildman–Crippen LogP) is 7.58. The van der Waals surface area contributed by atoms with Gasteiger partial charge in [0.05, 0.1) is 31.7 Å². The Hall–Kier alpha value is -3.90. The number of aryl methyl sites for hydroxylation is 1. The topological polar surface area (TPSA) is 41.4 Å². The van der Waals surface area contributed by atoms with Crippen LogP contribution in [0, 0.1) is 0 Å². The monoisotopic (exact) mass is 578 g/mol. The number of unbranched alkanes of at least 4 members (excludes halogenated alkanes) is 1. The molecule has 4 aromatic carbocycles. The van der Waals surface area contributed by atoms with Crippen molar-refractivity contribution in [3.05, 3.63) is 72.8 Å². The molecule has 6 heteroatoms. The van der Waals surface area contributed by atoms with E-state index in [-0.39, 0.29) is 5.91 Å². The summed E-state index contributed by atoms with van der Waals surface area (Å²) in [6.07, 6.45) is 4.05. The van der Waals surface area contributed by atoms with Gasteiger partial charge in [0.15, 0.2) is 6.54 Å². The van der Waals surface area contributed by atoms with Crippen molar-refractivity contribution in [3.63, 3.8) is 0 Å². The van der Waals surface area contributed by atoms with Gasteiger partial charge in [-0.1, -0.05) is 62.4 Å². The van der Waals surface area contributed by atoms with Crippen LogP contribution in [0.25, 0.3) is 44.0 Å². The Kier molecular flexibility index (Phi) is 9.36. The molecule has 5 aromatic rings. The Balaban J connectivity index is 1.47. The number of fused-ring (bicyclic) bond motifs is 6. The molecule has 6 nitrogen and oxygen atoms in total. The van der Waals surface area contributed by atoms with Gasteiger partial charge in [-0.25, -0.2) is 4.98 Å². The van der Waals surface area contributed by atoms with Crippen molar-refractivity contribution in [3.8, 4) is 11.4 Å². The largest absolute Gasteiger partial charge is 0.378 e. The number of aromatic nitrogens is 2. The van der Waals surface area contributed by atoms with Crippen molar-refractivity contribution >= 4 is 44.2 Å². The summed E-state index contributed by atoms with van der Waals surface area (Å²) >= 11 is 0. The van der Waals surface area contributed by atoms with E-state index < -0.39 is 0 Å². The van der Waals surface area contributed by atoms with Crippen molar-refractivity contribution in [2.45, 2.75) is 46.1 Å². The van der Waals surface area contributed by atoms with E-state index in [1.807, 2.05) is 4.90 Å². The molecule has 5 rings (SSSR count). The molecule has 1 heterocycles. The second-order valence-electron chi connectivity index (χ2n) is 12.7. The summed E-state index contributed by atoms with van der Waals surface area (Å²) in [7, 11) is 8.53. The summed E-state index contributed by atoms with van der Waals surface area (Å²) < 4.78 is 3.16. The molecule has 0 unspecified atom stereocenters. The lowest BCUT2D eigenvalue weighted by atomic mass is 10.00. The van der Waals surface area contributed by atoms with Crippen LogP contribution < -0.4 is 4.90 Å². The first-order valence-electron chi connectivity index (χ1n) is 15.9. The first-order chi connectivity index (χ1) is 20.7. The molecular weight excluding hydrogens is 530 g/mol. The average molecular weight is 579 g/mol. The number of carbonyl (C=O) groups excluding carboxylic acids is 1. The van der Waals surface area contributed by atoms with Gasteiger partial charge in [-0.2, -0.15) is 0 Å². The molecule has 0 aliphatic heterocycles. The number of hydrogen-bond acceptors (Lipinski definition) is 3. The number of anilines is 1. The highest BCUT2D eigenvalue weighted by Gasteiger charge is 2.24. The minimum Gasteiger partial charge on any atom is -0.378 e. The van der Waals surface area contributed by atoms with Crippen LogP contribution in [-0.2, 0) is 11.3 Å². The highest BCUT2D eigenvalue weighted by atomic mass is 16.2. The molecule has 0 N–H and O–H groups in total. The SMILES string of the molecule is CCCN(CCC)C(=O)C[N+](C)(C)CCCCn1c(-c2ccc(N(C)C)cc2)nc2c3ccccc3c3ccccc3c21. The molecule has 0 radical (unpaired) electrons. The Morgan fingerprint density at radius 1 is 0.791 bits per heavy atom. The number of nitrogens with zero attached hydrogens (tertiary/aromatic N) is 5. The summed E-state index contributed by atoms with van der Waals surface area (Å²) in [5.74, 6) is 1.29. The van der Waals surface area contributed by atoms with Gasteiger partial charge in [-0.3, -0.25) is 4.79 Å². The fraction of sp³-hybridized carbons (Fsp3) is 0.405. The molecule has 0 atom stereocenters. The number of likely N-dealkylation sites (N-methyl/N-ethyl adjacent to an activating group) is 1. The molecule has 43 heavy (non-hydrogen) atoms. The third-order valence-electron chi connectivity index (χ3n) is 8.56. The molecule has 0 aliphatic carbocycles. The van der Waals surface area contributed by atoms with E-state index in [1.54, 1.807) is 0 Å². The Morgan fingerprint density at radius 2 is 1.37 bits per heavy atom. The first-order valence-corrected chi connectivity index (χ1v) is 15.9. The maximum absolute atomic E-state index is 13.1. The number of hydrogen-bond donors (Lipinski definition) is 0. The normalized spacial score (nSPS) is 12.0. The highest BCUT2D eigenvalue weighted by Crippen LogP contribution is 2.37. The number of rotatable bonds is 13. The Labute approximate surface area is 257 Å². The van der Waals surface area contributed by atoms with Crippen LogP contribution in [0.1, 0.15) is 39.5 Å². The zero-order valence-corrected chi connectivity index (χ0v) is 26.9. The van der Waals surface area contributed by atoms with E-state index in [0.717, 1.165) is 68.8 Å². The molecule has 0 bridgehead atoms. The van der Waals surface area contributed by atoms with E-state index in [9.17, 15) is 4.79 Å². The van der Waals surface area contributed by atoms with Gasteiger partial charge in [0.1, 0.15) is 5.82 Å². The molecule has 1 aromatic heterocycles. The van der Waals surface area contributed by atoms with Crippen LogP contribution in [-0.4, -0.2) is 79.2 Å². The van der Waals surface area contributed by atoms with Crippen LogP contribution in [0.2, 0.25) is 0 Å². The third-order valence-corrected chi connectivity index (χ3v) is 8.56. The molecule has 0 spiro atoms. The summed E-state index contributed by atoms with van der Waals surface area (Å²) in [5.41, 5.74) is 4.58. The summed E-state index contributed by atoms with van der Waals surface area (Å²) in [6, 6.07) is 26.1. The third kappa shape index (κ3) is 6.54. The summed E-state index contributed by atoms with van der Waals surface area (Å²) in [6.45, 7) is 8.37. The van der Waals surface area contributed by atoms with Crippen LogP contribution in [0.4, 0.5) is 5.69 Å². The van der Waals surface area contributed by atoms with Gasteiger partial charge in [-0.15, -0.1) is 0 Å². The number of amides is 1. The molecule has 226 valence electrons. The first kappa shape index (κ1) is 30.6. The van der Waals surface area contributed by atoms with Gasteiger partial charge in [0.2, 0.25) is 0 Å². The average Bonchev–Trinajstić information content (AvgIpc) is 3.39. The van der Waals surface area contributed by atoms with Crippen LogP contribution in [0.15, 0.2) is 72.8 Å². The van der Waals surface area contributed by atoms with Gasteiger partial charge < -0.3 is 18.8 Å². The standard InChI is InChI=1S/C37H48N5O/c1-7-23-40(24-8-2)34(43)27-42(5,6)26-14-13-25-41-36-33-18-12-10-16-31(33)30-15-9-11-17-32(30)35(36)38-37(41)28-19-21-29(22-20-28)39(3)4/h9-12,15-22H,7-8,13-14,23-27H2,1-6H3/q+1. The minimum atomic E-state index is 0.274. The maximum Gasteiger partial charge on any atom is 0.277 e. The number of imidazole rings is 1. The zero-order valence-electron chi connectivity index (χ0n) is 26.9. The lowest BCUT2D eigenvalue weighted by molar-refractivity contribution is -0.883. The molecule has 1 amide bonds. The van der Waals surface area contributed by atoms with Crippen molar-refractivity contribution in [1.82, 2.24) is 14.5 Å².